The number of rotatable bonds is 3. The lowest BCUT2D eigenvalue weighted by Crippen LogP contribution is -2.49. The highest BCUT2D eigenvalue weighted by Gasteiger charge is 2.23. The van der Waals surface area contributed by atoms with E-state index < -0.39 is 0 Å². The number of amides is 1. The molecule has 23 heavy (non-hydrogen) atoms. The molecule has 0 atom stereocenters. The zero-order valence-corrected chi connectivity index (χ0v) is 15.1. The summed E-state index contributed by atoms with van der Waals surface area (Å²) in [5.41, 5.74) is 1.19. The van der Waals surface area contributed by atoms with Crippen LogP contribution in [0.3, 0.4) is 0 Å². The highest BCUT2D eigenvalue weighted by Crippen LogP contribution is 2.12. The SMILES string of the molecule is CN=C(NCc1ccc(Br)cc1)NC1CCN(C(=O)OC)CC1. The summed E-state index contributed by atoms with van der Waals surface area (Å²) in [5, 5.41) is 6.73. The summed E-state index contributed by atoms with van der Waals surface area (Å²) in [6.07, 6.45) is 1.52. The Morgan fingerprint density at radius 3 is 2.57 bits per heavy atom. The van der Waals surface area contributed by atoms with E-state index in [1.165, 1.54) is 12.7 Å². The van der Waals surface area contributed by atoms with Gasteiger partial charge in [0.1, 0.15) is 0 Å². The average molecular weight is 383 g/mol. The number of nitrogens with one attached hydrogen (secondary N) is 2. The number of carbonyl (C=O) groups is 1. The van der Waals surface area contributed by atoms with Crippen LogP contribution in [0.1, 0.15) is 18.4 Å². The van der Waals surface area contributed by atoms with Crippen molar-refractivity contribution >= 4 is 28.0 Å². The summed E-state index contributed by atoms with van der Waals surface area (Å²) in [7, 11) is 3.18. The first kappa shape index (κ1) is 17.6. The number of methoxy groups -OCH3 is 1. The maximum Gasteiger partial charge on any atom is 0.409 e. The van der Waals surface area contributed by atoms with Gasteiger partial charge in [-0.2, -0.15) is 0 Å². The van der Waals surface area contributed by atoms with Crippen LogP contribution in [0.4, 0.5) is 4.79 Å². The first-order chi connectivity index (χ1) is 11.1. The van der Waals surface area contributed by atoms with Crippen LogP contribution >= 0.6 is 15.9 Å². The molecule has 0 bridgehead atoms. The molecule has 0 radical (unpaired) electrons. The molecular formula is C16H23BrN4O2. The largest absolute Gasteiger partial charge is 0.453 e. The summed E-state index contributed by atoms with van der Waals surface area (Å²) in [6.45, 7) is 2.12. The van der Waals surface area contributed by atoms with Crippen LogP contribution < -0.4 is 10.6 Å². The van der Waals surface area contributed by atoms with Gasteiger partial charge in [0, 0.05) is 37.2 Å². The van der Waals surface area contributed by atoms with Gasteiger partial charge < -0.3 is 20.3 Å². The van der Waals surface area contributed by atoms with Crippen molar-refractivity contribution in [1.82, 2.24) is 15.5 Å². The topological polar surface area (TPSA) is 66.0 Å². The first-order valence-electron chi connectivity index (χ1n) is 7.67. The molecule has 1 aliphatic heterocycles. The van der Waals surface area contributed by atoms with Crippen molar-refractivity contribution in [1.29, 1.82) is 0 Å². The quantitative estimate of drug-likeness (QED) is 0.621. The minimum atomic E-state index is -0.249. The number of hydrogen-bond donors (Lipinski definition) is 2. The number of nitrogens with zero attached hydrogens (tertiary/aromatic N) is 2. The lowest BCUT2D eigenvalue weighted by atomic mass is 10.1. The highest BCUT2D eigenvalue weighted by molar-refractivity contribution is 9.10. The maximum atomic E-state index is 11.5. The molecule has 0 aliphatic carbocycles. The van der Waals surface area contributed by atoms with Crippen LogP contribution in [-0.4, -0.2) is 50.2 Å². The number of likely N-dealkylation sites (tertiary alicyclic amines) is 1. The van der Waals surface area contributed by atoms with Gasteiger partial charge in [-0.3, -0.25) is 4.99 Å². The van der Waals surface area contributed by atoms with Crippen LogP contribution in [0.15, 0.2) is 33.7 Å². The van der Waals surface area contributed by atoms with E-state index in [0.717, 1.165) is 23.3 Å². The van der Waals surface area contributed by atoms with Gasteiger partial charge >= 0.3 is 6.09 Å². The van der Waals surface area contributed by atoms with Crippen molar-refractivity contribution in [3.05, 3.63) is 34.3 Å². The van der Waals surface area contributed by atoms with Gasteiger partial charge in [0.15, 0.2) is 5.96 Å². The molecule has 0 unspecified atom stereocenters. The number of piperidine rings is 1. The number of hydrogen-bond acceptors (Lipinski definition) is 3. The fourth-order valence-electron chi connectivity index (χ4n) is 2.51. The predicted octanol–water partition coefficient (Wildman–Crippen LogP) is 2.34. The molecule has 1 heterocycles. The van der Waals surface area contributed by atoms with Crippen molar-refractivity contribution in [3.8, 4) is 0 Å². The van der Waals surface area contributed by atoms with Crippen molar-refractivity contribution < 1.29 is 9.53 Å². The van der Waals surface area contributed by atoms with E-state index in [1.54, 1.807) is 11.9 Å². The Balaban J connectivity index is 1.77. The van der Waals surface area contributed by atoms with Crippen LogP contribution in [0.2, 0.25) is 0 Å². The molecule has 7 heteroatoms. The van der Waals surface area contributed by atoms with E-state index in [-0.39, 0.29) is 6.09 Å². The van der Waals surface area contributed by atoms with Crippen LogP contribution in [0, 0.1) is 0 Å². The Morgan fingerprint density at radius 1 is 1.35 bits per heavy atom. The molecule has 2 rings (SSSR count). The third-order valence-corrected chi connectivity index (χ3v) is 4.39. The second-order valence-electron chi connectivity index (χ2n) is 5.43. The highest BCUT2D eigenvalue weighted by atomic mass is 79.9. The van der Waals surface area contributed by atoms with E-state index in [0.29, 0.717) is 25.7 Å². The van der Waals surface area contributed by atoms with Crippen molar-refractivity contribution in [2.45, 2.75) is 25.4 Å². The van der Waals surface area contributed by atoms with Gasteiger partial charge in [-0.15, -0.1) is 0 Å². The average Bonchev–Trinajstić information content (AvgIpc) is 2.59. The van der Waals surface area contributed by atoms with Crippen LogP contribution in [-0.2, 0) is 11.3 Å². The first-order valence-corrected chi connectivity index (χ1v) is 8.46. The molecule has 126 valence electrons. The molecule has 0 aromatic heterocycles. The maximum absolute atomic E-state index is 11.5. The Hall–Kier alpha value is -1.76. The van der Waals surface area contributed by atoms with Gasteiger partial charge in [0.25, 0.3) is 0 Å². The zero-order valence-electron chi connectivity index (χ0n) is 13.5. The number of halogens is 1. The summed E-state index contributed by atoms with van der Waals surface area (Å²) < 4.78 is 5.82. The lowest BCUT2D eigenvalue weighted by Gasteiger charge is -2.32. The second kappa shape index (κ2) is 8.76. The van der Waals surface area contributed by atoms with E-state index in [1.807, 2.05) is 12.1 Å². The fraction of sp³-hybridized carbons (Fsp3) is 0.500. The van der Waals surface area contributed by atoms with E-state index in [4.69, 9.17) is 4.74 Å². The second-order valence-corrected chi connectivity index (χ2v) is 6.34. The Labute approximate surface area is 145 Å². The van der Waals surface area contributed by atoms with Gasteiger partial charge in [-0.25, -0.2) is 4.79 Å². The number of aliphatic imine (C=N–C) groups is 1. The summed E-state index contributed by atoms with van der Waals surface area (Å²) in [5.74, 6) is 0.782. The number of benzene rings is 1. The third-order valence-electron chi connectivity index (χ3n) is 3.87. The lowest BCUT2D eigenvalue weighted by molar-refractivity contribution is 0.111. The Kier molecular flexibility index (Phi) is 6.70. The minimum absolute atomic E-state index is 0.249. The Morgan fingerprint density at radius 2 is 2.00 bits per heavy atom. The molecule has 1 amide bonds. The third kappa shape index (κ3) is 5.42. The summed E-state index contributed by atoms with van der Waals surface area (Å²) >= 11 is 3.43. The van der Waals surface area contributed by atoms with Crippen molar-refractivity contribution in [2.24, 2.45) is 4.99 Å². The molecule has 1 aromatic rings. The minimum Gasteiger partial charge on any atom is -0.453 e. The van der Waals surface area contributed by atoms with Crippen molar-refractivity contribution in [3.63, 3.8) is 0 Å². The number of ether oxygens (including phenoxy) is 1. The summed E-state index contributed by atoms with van der Waals surface area (Å²) in [6, 6.07) is 8.50. The fourth-order valence-corrected chi connectivity index (χ4v) is 2.78. The molecule has 0 saturated carbocycles. The normalized spacial score (nSPS) is 16.1. The zero-order chi connectivity index (χ0) is 16.7. The number of guanidine groups is 1. The van der Waals surface area contributed by atoms with Gasteiger partial charge in [0.05, 0.1) is 7.11 Å². The molecule has 1 aliphatic rings. The molecule has 1 fully saturated rings. The summed E-state index contributed by atoms with van der Waals surface area (Å²) in [4.78, 5) is 17.5. The molecular weight excluding hydrogens is 360 g/mol. The van der Waals surface area contributed by atoms with E-state index >= 15 is 0 Å². The smallest absolute Gasteiger partial charge is 0.409 e. The van der Waals surface area contributed by atoms with Crippen LogP contribution in [0.5, 0.6) is 0 Å². The monoisotopic (exact) mass is 382 g/mol. The molecule has 6 nitrogen and oxygen atoms in total. The van der Waals surface area contributed by atoms with E-state index in [2.05, 4.69) is 43.7 Å². The van der Waals surface area contributed by atoms with Crippen molar-refractivity contribution in [2.75, 3.05) is 27.2 Å². The predicted molar refractivity (Wildman–Crippen MR) is 94.5 cm³/mol. The molecule has 1 aromatic carbocycles. The van der Waals surface area contributed by atoms with E-state index in [9.17, 15) is 4.79 Å². The molecule has 0 spiro atoms. The number of carbonyl (C=O) groups excluding carboxylic acids is 1. The van der Waals surface area contributed by atoms with Gasteiger partial charge in [-0.1, -0.05) is 28.1 Å². The molecule has 1 saturated heterocycles. The van der Waals surface area contributed by atoms with Gasteiger partial charge in [-0.05, 0) is 30.5 Å². The van der Waals surface area contributed by atoms with Crippen LogP contribution in [0.25, 0.3) is 0 Å². The Bertz CT molecular complexity index is 540. The van der Waals surface area contributed by atoms with Gasteiger partial charge in [0.2, 0.25) is 0 Å². The standard InChI is InChI=1S/C16H23BrN4O2/c1-18-15(19-11-12-3-5-13(17)6-4-12)20-14-7-9-21(10-8-14)16(22)23-2/h3-6,14H,7-11H2,1-2H3,(H2,18,19,20). The molecule has 2 N–H and O–H groups in total.